The normalized spacial score (nSPS) is 19.8. The fourth-order valence-corrected chi connectivity index (χ4v) is 2.99. The Morgan fingerprint density at radius 1 is 1.22 bits per heavy atom. The summed E-state index contributed by atoms with van der Waals surface area (Å²) < 4.78 is 0. The second-order valence-corrected chi connectivity index (χ2v) is 7.28. The van der Waals surface area contributed by atoms with E-state index in [0.717, 1.165) is 31.5 Å². The first-order valence-corrected chi connectivity index (χ1v) is 9.29. The molecule has 0 aromatic carbocycles. The molecule has 0 aromatic rings. The second kappa shape index (κ2) is 13.3. The molecule has 1 unspecified atom stereocenters. The Bertz CT molecular complexity index is 318. The van der Waals surface area contributed by atoms with E-state index in [9.17, 15) is 0 Å². The molecule has 4 nitrogen and oxygen atoms in total. The van der Waals surface area contributed by atoms with Crippen molar-refractivity contribution < 1.29 is 0 Å². The van der Waals surface area contributed by atoms with Crippen LogP contribution in [-0.2, 0) is 0 Å². The van der Waals surface area contributed by atoms with Crippen molar-refractivity contribution >= 4 is 29.9 Å². The summed E-state index contributed by atoms with van der Waals surface area (Å²) in [6.45, 7) is 16.6. The van der Waals surface area contributed by atoms with Crippen LogP contribution in [-0.4, -0.2) is 49.6 Å². The van der Waals surface area contributed by atoms with Gasteiger partial charge in [0.05, 0.1) is 0 Å². The van der Waals surface area contributed by atoms with Gasteiger partial charge in [-0.05, 0) is 64.8 Å². The molecule has 1 aliphatic rings. The third kappa shape index (κ3) is 10.4. The first-order chi connectivity index (χ1) is 10.5. The van der Waals surface area contributed by atoms with E-state index in [4.69, 9.17) is 4.99 Å². The Hall–Kier alpha value is -0.0400. The highest BCUT2D eigenvalue weighted by molar-refractivity contribution is 14.0. The van der Waals surface area contributed by atoms with Crippen LogP contribution in [0.25, 0.3) is 0 Å². The van der Waals surface area contributed by atoms with Crippen molar-refractivity contribution in [3.8, 4) is 0 Å². The van der Waals surface area contributed by atoms with Crippen LogP contribution in [0.1, 0.15) is 60.3 Å². The molecular formula is C18H39IN4. The van der Waals surface area contributed by atoms with E-state index in [1.165, 1.54) is 38.8 Å². The van der Waals surface area contributed by atoms with E-state index < -0.39 is 0 Å². The highest BCUT2D eigenvalue weighted by atomic mass is 127. The summed E-state index contributed by atoms with van der Waals surface area (Å²) in [4.78, 5) is 7.41. The Balaban J connectivity index is 0.00000484. The monoisotopic (exact) mass is 438 g/mol. The van der Waals surface area contributed by atoms with Gasteiger partial charge in [0.25, 0.3) is 0 Å². The van der Waals surface area contributed by atoms with Crippen LogP contribution in [0, 0.1) is 11.8 Å². The van der Waals surface area contributed by atoms with Gasteiger partial charge in [-0.2, -0.15) is 0 Å². The molecule has 1 fully saturated rings. The van der Waals surface area contributed by atoms with E-state index in [-0.39, 0.29) is 24.0 Å². The summed E-state index contributed by atoms with van der Waals surface area (Å²) in [5.41, 5.74) is 0. The van der Waals surface area contributed by atoms with Crippen LogP contribution in [0.5, 0.6) is 0 Å². The Morgan fingerprint density at radius 3 is 2.57 bits per heavy atom. The van der Waals surface area contributed by atoms with E-state index in [0.29, 0.717) is 12.0 Å². The fourth-order valence-electron chi connectivity index (χ4n) is 2.99. The minimum absolute atomic E-state index is 0. The molecule has 0 aromatic heterocycles. The molecule has 5 heteroatoms. The average Bonchev–Trinajstić information content (AvgIpc) is 2.49. The lowest BCUT2D eigenvalue weighted by atomic mass is 9.97. The van der Waals surface area contributed by atoms with Crippen molar-refractivity contribution in [2.24, 2.45) is 16.8 Å². The highest BCUT2D eigenvalue weighted by Gasteiger charge is 2.21. The van der Waals surface area contributed by atoms with Crippen molar-refractivity contribution in [3.63, 3.8) is 0 Å². The van der Waals surface area contributed by atoms with Crippen LogP contribution in [0.3, 0.4) is 0 Å². The lowest BCUT2D eigenvalue weighted by molar-refractivity contribution is 0.143. The van der Waals surface area contributed by atoms with Gasteiger partial charge in [0.2, 0.25) is 0 Å². The van der Waals surface area contributed by atoms with Gasteiger partial charge >= 0.3 is 0 Å². The van der Waals surface area contributed by atoms with Gasteiger partial charge in [0.1, 0.15) is 0 Å². The summed E-state index contributed by atoms with van der Waals surface area (Å²) in [5.74, 6) is 2.49. The number of rotatable bonds is 8. The predicted octanol–water partition coefficient (Wildman–Crippen LogP) is 3.72. The molecular weight excluding hydrogens is 399 g/mol. The summed E-state index contributed by atoms with van der Waals surface area (Å²) >= 11 is 0. The Kier molecular flexibility index (Phi) is 13.3. The van der Waals surface area contributed by atoms with Crippen molar-refractivity contribution in [2.45, 2.75) is 66.3 Å². The standard InChI is InChI=1S/C18H38N4.HI/c1-6-19-18(20-11-7-9-15(2)3)21-13-17-10-8-12-22(14-17)16(4)5;/h15-17H,6-14H2,1-5H3,(H2,19,20,21);1H. The molecule has 23 heavy (non-hydrogen) atoms. The van der Waals surface area contributed by atoms with Crippen LogP contribution < -0.4 is 10.6 Å². The van der Waals surface area contributed by atoms with Gasteiger partial charge in [0, 0.05) is 32.2 Å². The van der Waals surface area contributed by atoms with Gasteiger partial charge in [-0.15, -0.1) is 24.0 Å². The minimum atomic E-state index is 0. The number of piperidine rings is 1. The summed E-state index contributed by atoms with van der Waals surface area (Å²) in [7, 11) is 0. The van der Waals surface area contributed by atoms with Crippen molar-refractivity contribution in [1.29, 1.82) is 0 Å². The largest absolute Gasteiger partial charge is 0.357 e. The van der Waals surface area contributed by atoms with E-state index >= 15 is 0 Å². The maximum absolute atomic E-state index is 4.82. The zero-order chi connectivity index (χ0) is 16.4. The number of halogens is 1. The molecule has 0 radical (unpaired) electrons. The quantitative estimate of drug-likeness (QED) is 0.263. The smallest absolute Gasteiger partial charge is 0.191 e. The van der Waals surface area contributed by atoms with Crippen molar-refractivity contribution in [1.82, 2.24) is 15.5 Å². The third-order valence-electron chi connectivity index (χ3n) is 4.38. The van der Waals surface area contributed by atoms with Gasteiger partial charge in [-0.1, -0.05) is 13.8 Å². The van der Waals surface area contributed by atoms with Crippen molar-refractivity contribution in [2.75, 3.05) is 32.7 Å². The topological polar surface area (TPSA) is 39.7 Å². The summed E-state index contributed by atoms with van der Waals surface area (Å²) in [6.07, 6.45) is 5.13. The maximum Gasteiger partial charge on any atom is 0.191 e. The van der Waals surface area contributed by atoms with Crippen LogP contribution >= 0.6 is 24.0 Å². The molecule has 0 saturated carbocycles. The summed E-state index contributed by atoms with van der Waals surface area (Å²) in [6, 6.07) is 0.661. The maximum atomic E-state index is 4.82. The number of aliphatic imine (C=N–C) groups is 1. The SMILES string of the molecule is CCNC(=NCC1CCCN(C(C)C)C1)NCCCC(C)C.I. The number of hydrogen-bond acceptors (Lipinski definition) is 2. The number of nitrogens with zero attached hydrogens (tertiary/aromatic N) is 2. The van der Waals surface area contributed by atoms with Crippen LogP contribution in [0.4, 0.5) is 0 Å². The second-order valence-electron chi connectivity index (χ2n) is 7.28. The van der Waals surface area contributed by atoms with E-state index in [1.54, 1.807) is 0 Å². The lowest BCUT2D eigenvalue weighted by Gasteiger charge is -2.34. The van der Waals surface area contributed by atoms with Gasteiger partial charge in [-0.25, -0.2) is 0 Å². The molecule has 0 aliphatic carbocycles. The van der Waals surface area contributed by atoms with Gasteiger partial charge in [-0.3, -0.25) is 4.99 Å². The number of nitrogens with one attached hydrogen (secondary N) is 2. The Labute approximate surface area is 161 Å². The predicted molar refractivity (Wildman–Crippen MR) is 113 cm³/mol. The molecule has 1 saturated heterocycles. The van der Waals surface area contributed by atoms with Gasteiger partial charge in [0.15, 0.2) is 5.96 Å². The Morgan fingerprint density at radius 2 is 1.96 bits per heavy atom. The van der Waals surface area contributed by atoms with E-state index in [1.807, 2.05) is 0 Å². The number of guanidine groups is 1. The molecule has 1 rings (SSSR count). The molecule has 0 amide bonds. The molecule has 1 atom stereocenters. The zero-order valence-electron chi connectivity index (χ0n) is 15.9. The molecule has 1 heterocycles. The fraction of sp³-hybridized carbons (Fsp3) is 0.944. The van der Waals surface area contributed by atoms with Crippen molar-refractivity contribution in [3.05, 3.63) is 0 Å². The number of hydrogen-bond donors (Lipinski definition) is 2. The molecule has 0 spiro atoms. The van der Waals surface area contributed by atoms with Gasteiger partial charge < -0.3 is 15.5 Å². The molecule has 1 aliphatic heterocycles. The molecule has 0 bridgehead atoms. The molecule has 2 N–H and O–H groups in total. The first kappa shape index (κ1) is 23.0. The summed E-state index contributed by atoms with van der Waals surface area (Å²) in [5, 5.41) is 6.84. The van der Waals surface area contributed by atoms with E-state index in [2.05, 4.69) is 50.2 Å². The average molecular weight is 438 g/mol. The zero-order valence-corrected chi connectivity index (χ0v) is 18.2. The third-order valence-corrected chi connectivity index (χ3v) is 4.38. The highest BCUT2D eigenvalue weighted by Crippen LogP contribution is 2.18. The first-order valence-electron chi connectivity index (χ1n) is 9.29. The van der Waals surface area contributed by atoms with Crippen LogP contribution in [0.2, 0.25) is 0 Å². The minimum Gasteiger partial charge on any atom is -0.357 e. The number of likely N-dealkylation sites (tertiary alicyclic amines) is 1. The van der Waals surface area contributed by atoms with Crippen LogP contribution in [0.15, 0.2) is 4.99 Å². The molecule has 138 valence electrons. The lowest BCUT2D eigenvalue weighted by Crippen LogP contribution is -2.42.